The van der Waals surface area contributed by atoms with Gasteiger partial charge in [-0.1, -0.05) is 0 Å². The number of carbonyl (C=O) groups excluding carboxylic acids is 1. The van der Waals surface area contributed by atoms with Crippen LogP contribution in [0.5, 0.6) is 0 Å². The van der Waals surface area contributed by atoms with E-state index in [2.05, 4.69) is 30.4 Å². The monoisotopic (exact) mass is 575 g/mol. The summed E-state index contributed by atoms with van der Waals surface area (Å²) in [6.07, 6.45) is 5.89. The Kier molecular flexibility index (Phi) is 6.47. The van der Waals surface area contributed by atoms with Crippen LogP contribution in [0.3, 0.4) is 0 Å². The number of amides is 1. The van der Waals surface area contributed by atoms with Crippen LogP contribution >= 0.6 is 0 Å². The molecule has 2 aliphatic carbocycles. The second-order valence-corrected chi connectivity index (χ2v) is 10.9. The molecule has 0 radical (unpaired) electrons. The van der Waals surface area contributed by atoms with Gasteiger partial charge in [-0.15, -0.1) is 0 Å². The number of halogens is 4. The maximum Gasteiger partial charge on any atom is 0.282 e. The van der Waals surface area contributed by atoms with Gasteiger partial charge in [-0.3, -0.25) is 9.48 Å². The predicted octanol–water partition coefficient (Wildman–Crippen LogP) is 5.58. The second-order valence-electron chi connectivity index (χ2n) is 10.9. The molecule has 12 heteroatoms. The number of H-pyrrole nitrogens is 1. The molecule has 3 atom stereocenters. The van der Waals surface area contributed by atoms with E-state index in [1.165, 1.54) is 23.1 Å². The Morgan fingerprint density at radius 1 is 1.10 bits per heavy atom. The van der Waals surface area contributed by atoms with E-state index in [-0.39, 0.29) is 24.6 Å². The number of nitrogens with zero attached hydrogens (tertiary/aromatic N) is 5. The van der Waals surface area contributed by atoms with Gasteiger partial charge in [-0.2, -0.15) is 5.10 Å². The first kappa shape index (κ1) is 26.3. The number of aromatic amines is 1. The first-order valence-electron chi connectivity index (χ1n) is 13.7. The highest BCUT2D eigenvalue weighted by molar-refractivity contribution is 5.82. The molecule has 0 spiro atoms. The van der Waals surface area contributed by atoms with Crippen molar-refractivity contribution in [1.29, 1.82) is 0 Å². The van der Waals surface area contributed by atoms with Crippen molar-refractivity contribution in [1.82, 2.24) is 35.0 Å². The molecule has 1 amide bonds. The van der Waals surface area contributed by atoms with Crippen molar-refractivity contribution < 1.29 is 22.4 Å². The van der Waals surface area contributed by atoms with Gasteiger partial charge in [0.25, 0.3) is 6.43 Å². The minimum atomic E-state index is -2.73. The summed E-state index contributed by atoms with van der Waals surface area (Å²) >= 11 is 0. The van der Waals surface area contributed by atoms with E-state index in [0.29, 0.717) is 51.6 Å². The lowest BCUT2D eigenvalue weighted by molar-refractivity contribution is -0.122. The van der Waals surface area contributed by atoms with Gasteiger partial charge >= 0.3 is 0 Å². The van der Waals surface area contributed by atoms with Crippen molar-refractivity contribution in [3.63, 3.8) is 0 Å². The molecule has 214 valence electrons. The van der Waals surface area contributed by atoms with Gasteiger partial charge in [0.2, 0.25) is 5.91 Å². The van der Waals surface area contributed by atoms with Gasteiger partial charge < -0.3 is 10.3 Å². The summed E-state index contributed by atoms with van der Waals surface area (Å²) < 4.78 is 57.3. The quantitative estimate of drug-likeness (QED) is 0.235. The highest BCUT2D eigenvalue weighted by atomic mass is 19.3. The standard InChI is InChI=1S/C30H25F4N7O/c31-19-5-15(6-20(32)10-19)7-24(26-23(12-35-14-38-26)18-8-17-3-4-36-30(17)37-11-18)39-25(42)13-41-28-21(27(40-41)29(33)34)2-1-16-9-22(16)28/h3-6,8,10-12,14,16,22,24,29H,1-2,7,9,13H2,(H,36,37)(H,39,42)/t16?,22?,24-/m0/s1. The molecule has 42 heavy (non-hydrogen) atoms. The number of carbonyl (C=O) groups is 1. The number of rotatable bonds is 8. The molecule has 0 bridgehead atoms. The maximum atomic E-state index is 14.1. The number of hydrogen-bond acceptors (Lipinski definition) is 5. The lowest BCUT2D eigenvalue weighted by Gasteiger charge is -2.22. The first-order valence-corrected chi connectivity index (χ1v) is 13.7. The number of fused-ring (bicyclic) bond motifs is 4. The Hall–Kier alpha value is -4.61. The van der Waals surface area contributed by atoms with Crippen molar-refractivity contribution >= 4 is 16.9 Å². The van der Waals surface area contributed by atoms with E-state index in [1.807, 2.05) is 12.1 Å². The SMILES string of the molecule is O=C(Cn1nc(C(F)F)c2c1C1CC1CC2)N[C@@H](Cc1cc(F)cc(F)c1)c1ncncc1-c1cnc2[nH]ccc2c1. The van der Waals surface area contributed by atoms with Crippen molar-refractivity contribution in [3.05, 3.63) is 95.1 Å². The summed E-state index contributed by atoms with van der Waals surface area (Å²) in [4.78, 5) is 29.6. The van der Waals surface area contributed by atoms with Gasteiger partial charge in [0.1, 0.15) is 35.8 Å². The largest absolute Gasteiger partial charge is 0.346 e. The Bertz CT molecular complexity index is 1800. The molecule has 1 aromatic carbocycles. The van der Waals surface area contributed by atoms with Crippen LogP contribution in [-0.2, 0) is 24.2 Å². The van der Waals surface area contributed by atoms with Crippen LogP contribution < -0.4 is 5.32 Å². The third-order valence-electron chi connectivity index (χ3n) is 8.15. The van der Waals surface area contributed by atoms with Crippen molar-refractivity contribution in [2.75, 3.05) is 0 Å². The molecule has 2 N–H and O–H groups in total. The number of hydrogen-bond donors (Lipinski definition) is 2. The van der Waals surface area contributed by atoms with Gasteiger partial charge in [-0.05, 0) is 61.4 Å². The number of alkyl halides is 2. The number of benzene rings is 1. The van der Waals surface area contributed by atoms with Crippen LogP contribution in [-0.4, -0.2) is 35.6 Å². The zero-order valence-corrected chi connectivity index (χ0v) is 22.2. The summed E-state index contributed by atoms with van der Waals surface area (Å²) in [5.41, 5.74) is 3.68. The summed E-state index contributed by atoms with van der Waals surface area (Å²) in [5, 5.41) is 7.94. The molecule has 0 aliphatic heterocycles. The van der Waals surface area contributed by atoms with Crippen LogP contribution in [0.15, 0.2) is 55.2 Å². The Morgan fingerprint density at radius 2 is 1.93 bits per heavy atom. The van der Waals surface area contributed by atoms with Crippen molar-refractivity contribution in [2.45, 2.75) is 50.6 Å². The van der Waals surface area contributed by atoms with Gasteiger partial charge in [0.15, 0.2) is 0 Å². The Morgan fingerprint density at radius 3 is 2.74 bits per heavy atom. The molecule has 5 aromatic rings. The summed E-state index contributed by atoms with van der Waals surface area (Å²) in [6, 6.07) is 6.10. The van der Waals surface area contributed by atoms with E-state index in [9.17, 15) is 22.4 Å². The molecule has 4 aromatic heterocycles. The second kappa shape index (κ2) is 10.3. The smallest absolute Gasteiger partial charge is 0.282 e. The minimum Gasteiger partial charge on any atom is -0.346 e. The van der Waals surface area contributed by atoms with Crippen LogP contribution in [0, 0.1) is 17.6 Å². The lowest BCUT2D eigenvalue weighted by Crippen LogP contribution is -2.34. The van der Waals surface area contributed by atoms with E-state index in [0.717, 1.165) is 24.3 Å². The molecule has 2 unspecified atom stereocenters. The zero-order chi connectivity index (χ0) is 29.0. The molecule has 8 nitrogen and oxygen atoms in total. The third kappa shape index (κ3) is 4.90. The molecule has 4 heterocycles. The molecular weight excluding hydrogens is 550 g/mol. The lowest BCUT2D eigenvalue weighted by atomic mass is 9.95. The van der Waals surface area contributed by atoms with E-state index in [1.54, 1.807) is 18.6 Å². The molecule has 1 fully saturated rings. The molecular formula is C30H25F4N7O. The van der Waals surface area contributed by atoms with Crippen LogP contribution in [0.2, 0.25) is 0 Å². The van der Waals surface area contributed by atoms with Gasteiger partial charge in [0, 0.05) is 58.3 Å². The fraction of sp³-hybridized carbons (Fsp3) is 0.300. The average molecular weight is 576 g/mol. The van der Waals surface area contributed by atoms with E-state index < -0.39 is 30.0 Å². The predicted molar refractivity (Wildman–Crippen MR) is 144 cm³/mol. The third-order valence-corrected chi connectivity index (χ3v) is 8.15. The van der Waals surface area contributed by atoms with Gasteiger partial charge in [0.05, 0.1) is 11.7 Å². The summed E-state index contributed by atoms with van der Waals surface area (Å²) in [5.74, 6) is -1.42. The minimum absolute atomic E-state index is 0.00839. The molecule has 1 saturated carbocycles. The van der Waals surface area contributed by atoms with Crippen LogP contribution in [0.25, 0.3) is 22.2 Å². The van der Waals surface area contributed by atoms with Crippen LogP contribution in [0.4, 0.5) is 17.6 Å². The number of nitrogens with one attached hydrogen (secondary N) is 2. The highest BCUT2D eigenvalue weighted by Gasteiger charge is 2.46. The fourth-order valence-electron chi connectivity index (χ4n) is 6.21. The highest BCUT2D eigenvalue weighted by Crippen LogP contribution is 2.55. The van der Waals surface area contributed by atoms with Gasteiger partial charge in [-0.25, -0.2) is 32.5 Å². The summed E-state index contributed by atoms with van der Waals surface area (Å²) in [7, 11) is 0. The average Bonchev–Trinajstić information content (AvgIpc) is 3.43. The fourth-order valence-corrected chi connectivity index (χ4v) is 6.21. The van der Waals surface area contributed by atoms with Crippen molar-refractivity contribution in [2.24, 2.45) is 5.92 Å². The topological polar surface area (TPSA) is 101 Å². The molecule has 2 aliphatic rings. The first-order chi connectivity index (χ1) is 20.3. The summed E-state index contributed by atoms with van der Waals surface area (Å²) in [6.45, 7) is -0.274. The molecule has 7 rings (SSSR count). The number of aromatic nitrogens is 6. The van der Waals surface area contributed by atoms with E-state index in [4.69, 9.17) is 0 Å². The normalized spacial score (nSPS) is 18.1. The molecule has 0 saturated heterocycles. The van der Waals surface area contributed by atoms with E-state index >= 15 is 0 Å². The maximum absolute atomic E-state index is 14.1. The Balaban J connectivity index is 1.24. The zero-order valence-electron chi connectivity index (χ0n) is 22.2. The number of pyridine rings is 1. The van der Waals surface area contributed by atoms with Crippen molar-refractivity contribution in [3.8, 4) is 11.1 Å². The van der Waals surface area contributed by atoms with Crippen LogP contribution in [0.1, 0.15) is 59.4 Å². The Labute approximate surface area is 237 Å².